The molecular formula is C12H3Cl2F6N3O3S. The Bertz CT molecular complexity index is 1050. The third-order valence-corrected chi connectivity index (χ3v) is 5.15. The van der Waals surface area contributed by atoms with Gasteiger partial charge in [-0.05, 0) is 12.1 Å². The minimum Gasteiger partial charge on any atom is -0.492 e. The molecule has 0 unspecified atom stereocenters. The lowest BCUT2D eigenvalue weighted by Gasteiger charge is -2.13. The van der Waals surface area contributed by atoms with Crippen molar-refractivity contribution < 1.29 is 39.9 Å². The average molecular weight is 454 g/mol. The van der Waals surface area contributed by atoms with Crippen molar-refractivity contribution in [1.82, 2.24) is 9.78 Å². The van der Waals surface area contributed by atoms with E-state index in [-0.39, 0.29) is 4.68 Å². The van der Waals surface area contributed by atoms with Crippen molar-refractivity contribution in [2.45, 2.75) is 16.6 Å². The van der Waals surface area contributed by atoms with Crippen molar-refractivity contribution in [3.8, 4) is 17.6 Å². The SMILES string of the molecule is N#Cc1nn(-c2c(Cl)cc(C(F)(F)F)cc2Cl)c(O)c1S(=O)(=O)C(F)(F)F. The summed E-state index contributed by atoms with van der Waals surface area (Å²) in [6.45, 7) is 0. The third kappa shape index (κ3) is 3.52. The summed E-state index contributed by atoms with van der Waals surface area (Å²) >= 11 is 11.3. The molecule has 1 heterocycles. The predicted molar refractivity (Wildman–Crippen MR) is 78.2 cm³/mol. The van der Waals surface area contributed by atoms with E-state index in [1.807, 2.05) is 0 Å². The standard InChI is InChI=1S/C12H3Cl2F6N3O3S/c13-5-1-4(11(15,16)17)2-6(14)8(5)23-10(24)9(7(3-21)22-23)27(25,26)12(18,19)20/h1-2,24H. The Balaban J connectivity index is 2.83. The number of alkyl halides is 6. The predicted octanol–water partition coefficient (Wildman–Crippen LogP) is 4.07. The average Bonchev–Trinajstić information content (AvgIpc) is 2.81. The van der Waals surface area contributed by atoms with Crippen molar-refractivity contribution in [2.75, 3.05) is 0 Å². The Labute approximate surface area is 156 Å². The van der Waals surface area contributed by atoms with Crippen LogP contribution in [-0.2, 0) is 16.0 Å². The van der Waals surface area contributed by atoms with E-state index < -0.39 is 59.3 Å². The monoisotopic (exact) mass is 453 g/mol. The Kier molecular flexibility index (Phi) is 5.06. The molecule has 0 bridgehead atoms. The molecule has 0 saturated carbocycles. The molecule has 0 saturated heterocycles. The van der Waals surface area contributed by atoms with Gasteiger partial charge in [0.25, 0.3) is 9.84 Å². The van der Waals surface area contributed by atoms with E-state index >= 15 is 0 Å². The molecular weight excluding hydrogens is 451 g/mol. The number of sulfone groups is 1. The summed E-state index contributed by atoms with van der Waals surface area (Å²) in [7, 11) is -6.22. The van der Waals surface area contributed by atoms with Crippen LogP contribution in [0.2, 0.25) is 10.0 Å². The molecule has 2 rings (SSSR count). The first kappa shape index (κ1) is 21.1. The fourth-order valence-corrected chi connectivity index (χ4v) is 3.47. The number of nitriles is 1. The van der Waals surface area contributed by atoms with Crippen LogP contribution in [-0.4, -0.2) is 28.8 Å². The first-order valence-electron chi connectivity index (χ1n) is 6.23. The summed E-state index contributed by atoms with van der Waals surface area (Å²) in [5.74, 6) is -1.70. The molecule has 0 aliphatic carbocycles. The summed E-state index contributed by atoms with van der Waals surface area (Å²) in [4.78, 5) is -1.88. The van der Waals surface area contributed by atoms with Crippen molar-refractivity contribution in [3.63, 3.8) is 0 Å². The van der Waals surface area contributed by atoms with Crippen LogP contribution in [0.1, 0.15) is 11.3 Å². The van der Waals surface area contributed by atoms with E-state index in [9.17, 15) is 39.9 Å². The fraction of sp³-hybridized carbons (Fsp3) is 0.167. The van der Waals surface area contributed by atoms with Gasteiger partial charge in [-0.2, -0.15) is 41.4 Å². The zero-order valence-electron chi connectivity index (χ0n) is 12.2. The summed E-state index contributed by atoms with van der Waals surface area (Å²) < 4.78 is 99.6. The summed E-state index contributed by atoms with van der Waals surface area (Å²) in [6, 6.07) is 1.70. The van der Waals surface area contributed by atoms with Gasteiger partial charge in [0.05, 0.1) is 15.6 Å². The molecule has 6 nitrogen and oxygen atoms in total. The number of hydrogen-bond donors (Lipinski definition) is 1. The van der Waals surface area contributed by atoms with Crippen molar-refractivity contribution >= 4 is 33.0 Å². The third-order valence-electron chi connectivity index (χ3n) is 3.05. The van der Waals surface area contributed by atoms with E-state index in [4.69, 9.17) is 28.5 Å². The molecule has 1 aromatic carbocycles. The van der Waals surface area contributed by atoms with Crippen LogP contribution in [0, 0.1) is 11.3 Å². The van der Waals surface area contributed by atoms with Crippen molar-refractivity contribution in [2.24, 2.45) is 0 Å². The van der Waals surface area contributed by atoms with Gasteiger partial charge in [0.1, 0.15) is 11.8 Å². The van der Waals surface area contributed by atoms with Crippen LogP contribution < -0.4 is 0 Å². The Morgan fingerprint density at radius 3 is 1.96 bits per heavy atom. The maximum Gasteiger partial charge on any atom is 0.502 e. The smallest absolute Gasteiger partial charge is 0.492 e. The highest BCUT2D eigenvalue weighted by molar-refractivity contribution is 7.92. The highest BCUT2D eigenvalue weighted by Gasteiger charge is 2.51. The molecule has 2 aromatic rings. The molecule has 0 amide bonds. The molecule has 1 N–H and O–H groups in total. The van der Waals surface area contributed by atoms with E-state index in [2.05, 4.69) is 5.10 Å². The Morgan fingerprint density at radius 1 is 1.11 bits per heavy atom. The summed E-state index contributed by atoms with van der Waals surface area (Å²) in [5.41, 5.74) is -9.34. The minimum atomic E-state index is -6.22. The number of aromatic hydroxyl groups is 1. The van der Waals surface area contributed by atoms with Gasteiger partial charge in [0.15, 0.2) is 10.6 Å². The van der Waals surface area contributed by atoms with Gasteiger partial charge in [-0.15, -0.1) is 0 Å². The van der Waals surface area contributed by atoms with Gasteiger partial charge in [0, 0.05) is 0 Å². The molecule has 0 aliphatic heterocycles. The van der Waals surface area contributed by atoms with Crippen LogP contribution in [0.4, 0.5) is 26.3 Å². The Hall–Kier alpha value is -2.17. The summed E-state index contributed by atoms with van der Waals surface area (Å²) in [5, 5.41) is 20.3. The normalized spacial score (nSPS) is 12.9. The quantitative estimate of drug-likeness (QED) is 0.691. The number of benzene rings is 1. The van der Waals surface area contributed by atoms with Gasteiger partial charge in [-0.1, -0.05) is 23.2 Å². The topological polar surface area (TPSA) is 96.0 Å². The van der Waals surface area contributed by atoms with Crippen molar-refractivity contribution in [3.05, 3.63) is 33.4 Å². The van der Waals surface area contributed by atoms with E-state index in [0.717, 1.165) is 6.07 Å². The molecule has 146 valence electrons. The zero-order valence-corrected chi connectivity index (χ0v) is 14.5. The largest absolute Gasteiger partial charge is 0.502 e. The van der Waals surface area contributed by atoms with Crippen LogP contribution in [0.25, 0.3) is 5.69 Å². The molecule has 15 heteroatoms. The molecule has 0 aliphatic rings. The zero-order chi connectivity index (χ0) is 20.9. The summed E-state index contributed by atoms with van der Waals surface area (Å²) in [6.07, 6.45) is -4.87. The van der Waals surface area contributed by atoms with E-state index in [1.54, 1.807) is 0 Å². The molecule has 0 fully saturated rings. The van der Waals surface area contributed by atoms with Gasteiger partial charge < -0.3 is 5.11 Å². The lowest BCUT2D eigenvalue weighted by atomic mass is 10.2. The Morgan fingerprint density at radius 2 is 1.59 bits per heavy atom. The second kappa shape index (κ2) is 6.47. The van der Waals surface area contributed by atoms with Crippen LogP contribution in [0.3, 0.4) is 0 Å². The molecule has 1 aromatic heterocycles. The minimum absolute atomic E-state index is 0.0298. The number of hydrogen-bond acceptors (Lipinski definition) is 5. The lowest BCUT2D eigenvalue weighted by molar-refractivity contribution is -0.137. The van der Waals surface area contributed by atoms with Gasteiger partial charge in [-0.25, -0.2) is 8.42 Å². The second-order valence-corrected chi connectivity index (χ2v) is 7.45. The van der Waals surface area contributed by atoms with Crippen LogP contribution in [0.15, 0.2) is 17.0 Å². The fourth-order valence-electron chi connectivity index (χ4n) is 1.92. The number of rotatable bonds is 2. The number of nitrogens with zero attached hydrogens (tertiary/aromatic N) is 3. The van der Waals surface area contributed by atoms with Gasteiger partial charge in [-0.3, -0.25) is 0 Å². The maximum absolute atomic E-state index is 12.7. The van der Waals surface area contributed by atoms with Crippen LogP contribution in [0.5, 0.6) is 5.88 Å². The first-order valence-corrected chi connectivity index (χ1v) is 8.47. The first-order chi connectivity index (χ1) is 12.1. The molecule has 27 heavy (non-hydrogen) atoms. The van der Waals surface area contributed by atoms with Crippen molar-refractivity contribution in [1.29, 1.82) is 5.26 Å². The van der Waals surface area contributed by atoms with Gasteiger partial charge >= 0.3 is 11.7 Å². The highest BCUT2D eigenvalue weighted by Crippen LogP contribution is 2.42. The second-order valence-electron chi connectivity index (χ2n) is 4.76. The number of halogens is 8. The van der Waals surface area contributed by atoms with Crippen LogP contribution >= 0.6 is 23.2 Å². The highest BCUT2D eigenvalue weighted by atomic mass is 35.5. The van der Waals surface area contributed by atoms with E-state index in [0.29, 0.717) is 12.1 Å². The van der Waals surface area contributed by atoms with Gasteiger partial charge in [0.2, 0.25) is 5.88 Å². The molecule has 0 radical (unpaired) electrons. The molecule has 0 atom stereocenters. The maximum atomic E-state index is 12.7. The van der Waals surface area contributed by atoms with E-state index in [1.165, 1.54) is 0 Å². The molecule has 0 spiro atoms. The lowest BCUT2D eigenvalue weighted by Crippen LogP contribution is -2.23. The number of aromatic nitrogens is 2.